The fraction of sp³-hybridized carbons (Fsp3) is 0.357. The summed E-state index contributed by atoms with van der Waals surface area (Å²) in [4.78, 5) is 20.2. The van der Waals surface area contributed by atoms with Crippen LogP contribution in [0.2, 0.25) is 0 Å². The molecule has 1 aromatic heterocycles. The van der Waals surface area contributed by atoms with Gasteiger partial charge in [-0.25, -0.2) is 0 Å². The molecule has 1 aliphatic rings. The number of benzene rings is 2. The maximum atomic E-state index is 13.2. The summed E-state index contributed by atoms with van der Waals surface area (Å²) in [6.07, 6.45) is 5.90. The molecule has 2 heterocycles. The maximum absolute atomic E-state index is 13.2. The van der Waals surface area contributed by atoms with E-state index in [1.165, 1.54) is 11.1 Å². The van der Waals surface area contributed by atoms with Gasteiger partial charge in [-0.1, -0.05) is 66.2 Å². The van der Waals surface area contributed by atoms with E-state index in [1.807, 2.05) is 18.2 Å². The first kappa shape index (κ1) is 22.2. The van der Waals surface area contributed by atoms with Crippen LogP contribution >= 0.6 is 0 Å². The van der Waals surface area contributed by atoms with Crippen molar-refractivity contribution in [2.75, 3.05) is 19.6 Å². The van der Waals surface area contributed by atoms with Gasteiger partial charge in [-0.05, 0) is 75.5 Å². The van der Waals surface area contributed by atoms with Crippen molar-refractivity contribution in [3.63, 3.8) is 0 Å². The summed E-state index contributed by atoms with van der Waals surface area (Å²) < 4.78 is 0. The normalized spacial score (nSPS) is 15.9. The number of hydrogen-bond donors (Lipinski definition) is 1. The quantitative estimate of drug-likeness (QED) is 0.554. The van der Waals surface area contributed by atoms with Crippen molar-refractivity contribution < 1.29 is 4.79 Å². The van der Waals surface area contributed by atoms with E-state index in [1.54, 1.807) is 6.20 Å². The lowest BCUT2D eigenvalue weighted by Gasteiger charge is -2.32. The second kappa shape index (κ2) is 11.1. The largest absolute Gasteiger partial charge is 0.343 e. The number of carbonyl (C=O) groups is 1. The number of nitrogens with one attached hydrogen (secondary N) is 1. The predicted molar refractivity (Wildman–Crippen MR) is 129 cm³/mol. The molecule has 0 spiro atoms. The Morgan fingerprint density at radius 2 is 1.72 bits per heavy atom. The highest BCUT2D eigenvalue weighted by atomic mass is 16.2. The minimum Gasteiger partial charge on any atom is -0.343 e. The van der Waals surface area contributed by atoms with Gasteiger partial charge in [0.25, 0.3) is 0 Å². The Bertz CT molecular complexity index is 965. The molecule has 1 N–H and O–H groups in total. The molecule has 4 rings (SSSR count). The van der Waals surface area contributed by atoms with Gasteiger partial charge < -0.3 is 10.2 Å². The van der Waals surface area contributed by atoms with Crippen LogP contribution in [-0.4, -0.2) is 35.4 Å². The van der Waals surface area contributed by atoms with Crippen molar-refractivity contribution >= 4 is 5.91 Å². The fourth-order valence-corrected chi connectivity index (χ4v) is 4.46. The topological polar surface area (TPSA) is 45.2 Å². The van der Waals surface area contributed by atoms with Gasteiger partial charge in [0.05, 0.1) is 11.7 Å². The number of pyridine rings is 1. The summed E-state index contributed by atoms with van der Waals surface area (Å²) in [5, 5.41) is 3.30. The first-order chi connectivity index (χ1) is 15.7. The van der Waals surface area contributed by atoms with Crippen LogP contribution in [0.5, 0.6) is 0 Å². The Morgan fingerprint density at radius 3 is 2.41 bits per heavy atom. The van der Waals surface area contributed by atoms with Gasteiger partial charge in [0, 0.05) is 12.1 Å². The Hall–Kier alpha value is -2.98. The molecule has 1 saturated heterocycles. The number of hydrogen-bond acceptors (Lipinski definition) is 3. The van der Waals surface area contributed by atoms with Gasteiger partial charge in [0.1, 0.15) is 0 Å². The SMILES string of the molecule is Cc1ccc(C(NC(=O)C2CCN(CCCc3ccccc3)CC2)c2ccccn2)cc1. The number of amides is 1. The Morgan fingerprint density at radius 1 is 1.00 bits per heavy atom. The molecule has 0 saturated carbocycles. The third-order valence-electron chi connectivity index (χ3n) is 6.42. The number of aryl methyl sites for hydroxylation is 2. The summed E-state index contributed by atoms with van der Waals surface area (Å²) in [6, 6.07) is 24.7. The van der Waals surface area contributed by atoms with Crippen molar-refractivity contribution in [3.05, 3.63) is 101 Å². The van der Waals surface area contributed by atoms with Crippen molar-refractivity contribution in [1.29, 1.82) is 0 Å². The van der Waals surface area contributed by atoms with Crippen LogP contribution in [0.3, 0.4) is 0 Å². The highest BCUT2D eigenvalue weighted by Crippen LogP contribution is 2.24. The van der Waals surface area contributed by atoms with Crippen molar-refractivity contribution in [2.24, 2.45) is 5.92 Å². The molecular formula is C28H33N3O. The number of rotatable bonds is 8. The molecule has 4 nitrogen and oxygen atoms in total. The van der Waals surface area contributed by atoms with E-state index in [9.17, 15) is 4.79 Å². The molecular weight excluding hydrogens is 394 g/mol. The Balaban J connectivity index is 1.31. The molecule has 166 valence electrons. The zero-order valence-electron chi connectivity index (χ0n) is 18.9. The molecule has 0 radical (unpaired) electrons. The van der Waals surface area contributed by atoms with Crippen LogP contribution in [0.15, 0.2) is 79.0 Å². The molecule has 4 heteroatoms. The zero-order valence-corrected chi connectivity index (χ0v) is 18.9. The summed E-state index contributed by atoms with van der Waals surface area (Å²) in [6.45, 7) is 5.16. The summed E-state index contributed by atoms with van der Waals surface area (Å²) in [5.74, 6) is 0.210. The highest BCUT2D eigenvalue weighted by molar-refractivity contribution is 5.79. The Labute approximate surface area is 191 Å². The first-order valence-electron chi connectivity index (χ1n) is 11.7. The van der Waals surface area contributed by atoms with Crippen molar-refractivity contribution in [2.45, 2.75) is 38.6 Å². The minimum atomic E-state index is -0.215. The van der Waals surface area contributed by atoms with E-state index in [4.69, 9.17) is 0 Å². The third-order valence-corrected chi connectivity index (χ3v) is 6.42. The molecule has 2 aromatic carbocycles. The van der Waals surface area contributed by atoms with Crippen LogP contribution in [0.4, 0.5) is 0 Å². The Kier molecular flexibility index (Phi) is 7.68. The van der Waals surface area contributed by atoms with E-state index in [0.717, 1.165) is 56.6 Å². The lowest BCUT2D eigenvalue weighted by atomic mass is 9.94. The first-order valence-corrected chi connectivity index (χ1v) is 11.7. The maximum Gasteiger partial charge on any atom is 0.224 e. The number of likely N-dealkylation sites (tertiary alicyclic amines) is 1. The predicted octanol–water partition coefficient (Wildman–Crippen LogP) is 4.94. The molecule has 1 unspecified atom stereocenters. The van der Waals surface area contributed by atoms with Gasteiger partial charge in [0.2, 0.25) is 5.91 Å². The van der Waals surface area contributed by atoms with E-state index in [2.05, 4.69) is 76.7 Å². The number of aromatic nitrogens is 1. The summed E-state index contributed by atoms with van der Waals surface area (Å²) in [7, 11) is 0. The lowest BCUT2D eigenvalue weighted by molar-refractivity contribution is -0.127. The molecule has 0 aliphatic carbocycles. The van der Waals surface area contributed by atoms with E-state index < -0.39 is 0 Å². The average molecular weight is 428 g/mol. The molecule has 1 amide bonds. The zero-order chi connectivity index (χ0) is 22.2. The van der Waals surface area contributed by atoms with Gasteiger partial charge >= 0.3 is 0 Å². The third kappa shape index (κ3) is 6.04. The van der Waals surface area contributed by atoms with Gasteiger partial charge in [-0.2, -0.15) is 0 Å². The van der Waals surface area contributed by atoms with E-state index in [0.29, 0.717) is 0 Å². The molecule has 1 aliphatic heterocycles. The van der Waals surface area contributed by atoms with Gasteiger partial charge in [-0.3, -0.25) is 9.78 Å². The van der Waals surface area contributed by atoms with Crippen LogP contribution in [0.1, 0.15) is 47.7 Å². The number of nitrogens with zero attached hydrogens (tertiary/aromatic N) is 2. The molecule has 1 atom stereocenters. The number of carbonyl (C=O) groups excluding carboxylic acids is 1. The second-order valence-electron chi connectivity index (χ2n) is 8.81. The monoisotopic (exact) mass is 427 g/mol. The lowest BCUT2D eigenvalue weighted by Crippen LogP contribution is -2.42. The fourth-order valence-electron chi connectivity index (χ4n) is 4.46. The smallest absolute Gasteiger partial charge is 0.224 e. The molecule has 0 bridgehead atoms. The second-order valence-corrected chi connectivity index (χ2v) is 8.81. The van der Waals surface area contributed by atoms with Gasteiger partial charge in [-0.15, -0.1) is 0 Å². The summed E-state index contributed by atoms with van der Waals surface area (Å²) >= 11 is 0. The molecule has 3 aromatic rings. The van der Waals surface area contributed by atoms with E-state index >= 15 is 0 Å². The molecule has 32 heavy (non-hydrogen) atoms. The van der Waals surface area contributed by atoms with Gasteiger partial charge in [0.15, 0.2) is 0 Å². The van der Waals surface area contributed by atoms with Crippen molar-refractivity contribution in [1.82, 2.24) is 15.2 Å². The van der Waals surface area contributed by atoms with Crippen molar-refractivity contribution in [3.8, 4) is 0 Å². The standard InChI is InChI=1S/C28H33N3O/c1-22-12-14-24(15-13-22)27(26-11-5-6-18-29-26)30-28(32)25-16-20-31(21-17-25)19-7-10-23-8-3-2-4-9-23/h2-6,8-9,11-15,18,25,27H,7,10,16-17,19-21H2,1H3,(H,30,32). The highest BCUT2D eigenvalue weighted by Gasteiger charge is 2.27. The van der Waals surface area contributed by atoms with Crippen LogP contribution in [0, 0.1) is 12.8 Å². The minimum absolute atomic E-state index is 0.0667. The van der Waals surface area contributed by atoms with E-state index in [-0.39, 0.29) is 17.9 Å². The van der Waals surface area contributed by atoms with Crippen LogP contribution < -0.4 is 5.32 Å². The number of piperidine rings is 1. The van der Waals surface area contributed by atoms with Crippen LogP contribution in [0.25, 0.3) is 0 Å². The average Bonchev–Trinajstić information content (AvgIpc) is 2.85. The van der Waals surface area contributed by atoms with Crippen LogP contribution in [-0.2, 0) is 11.2 Å². The molecule has 1 fully saturated rings. The summed E-state index contributed by atoms with van der Waals surface area (Å²) in [5.41, 5.74) is 4.56.